The van der Waals surface area contributed by atoms with Crippen molar-refractivity contribution in [2.75, 3.05) is 18.4 Å². The lowest BCUT2D eigenvalue weighted by molar-refractivity contribution is 0.102. The molecule has 0 bridgehead atoms. The van der Waals surface area contributed by atoms with Gasteiger partial charge in [0.1, 0.15) is 0 Å². The minimum atomic E-state index is -2.45. The van der Waals surface area contributed by atoms with Gasteiger partial charge in [0.15, 0.2) is 0 Å². The van der Waals surface area contributed by atoms with Crippen molar-refractivity contribution in [3.63, 3.8) is 0 Å². The molecule has 0 saturated heterocycles. The van der Waals surface area contributed by atoms with Gasteiger partial charge in [-0.3, -0.25) is 9.69 Å². The summed E-state index contributed by atoms with van der Waals surface area (Å²) in [6.45, 7) is 7.07. The zero-order valence-corrected chi connectivity index (χ0v) is 15.2. The molecule has 0 fully saturated rings. The van der Waals surface area contributed by atoms with Gasteiger partial charge in [0, 0.05) is 22.7 Å². The molecule has 0 saturated carbocycles. The van der Waals surface area contributed by atoms with Crippen LogP contribution in [-0.4, -0.2) is 29.7 Å². The van der Waals surface area contributed by atoms with Gasteiger partial charge in [-0.1, -0.05) is 37.7 Å². The topological polar surface area (TPSA) is 32.3 Å². The first kappa shape index (κ1) is 19.4. The van der Waals surface area contributed by atoms with Crippen LogP contribution in [0.1, 0.15) is 29.8 Å². The Kier molecular flexibility index (Phi) is 7.40. The second kappa shape index (κ2) is 9.53. The second-order valence-electron chi connectivity index (χ2n) is 5.52. The molecule has 6 heteroatoms. The highest BCUT2D eigenvalue weighted by Gasteiger charge is 2.09. The largest absolute Gasteiger partial charge is 0.322 e. The van der Waals surface area contributed by atoms with Crippen LogP contribution < -0.4 is 5.32 Å². The van der Waals surface area contributed by atoms with E-state index in [2.05, 4.69) is 24.1 Å². The molecule has 1 N–H and O–H groups in total. The molecule has 0 radical (unpaired) electrons. The van der Waals surface area contributed by atoms with Gasteiger partial charge in [-0.05, 0) is 55.1 Å². The summed E-state index contributed by atoms with van der Waals surface area (Å²) in [5.41, 5.74) is 2.30. The van der Waals surface area contributed by atoms with Crippen molar-refractivity contribution in [3.05, 3.63) is 59.7 Å². The summed E-state index contributed by atoms with van der Waals surface area (Å²) in [6, 6.07) is 13.9. The molecule has 25 heavy (non-hydrogen) atoms. The summed E-state index contributed by atoms with van der Waals surface area (Å²) in [6.07, 6.45) is 0. The highest BCUT2D eigenvalue weighted by molar-refractivity contribution is 7.99. The number of nitrogens with zero attached hydrogens (tertiary/aromatic N) is 1. The van der Waals surface area contributed by atoms with Crippen molar-refractivity contribution in [1.82, 2.24) is 4.90 Å². The lowest BCUT2D eigenvalue weighted by Gasteiger charge is -2.18. The van der Waals surface area contributed by atoms with E-state index in [4.69, 9.17) is 0 Å². The molecule has 0 aliphatic carbocycles. The maximum Gasteiger partial charge on any atom is 0.288 e. The van der Waals surface area contributed by atoms with Crippen molar-refractivity contribution in [2.24, 2.45) is 0 Å². The number of rotatable bonds is 8. The van der Waals surface area contributed by atoms with Crippen LogP contribution in [0.25, 0.3) is 0 Å². The average Bonchev–Trinajstić information content (AvgIpc) is 2.61. The molecule has 1 amide bonds. The summed E-state index contributed by atoms with van der Waals surface area (Å²) in [5.74, 6) is -2.67. The van der Waals surface area contributed by atoms with E-state index in [0.717, 1.165) is 25.2 Å². The molecule has 0 unspecified atom stereocenters. The SMILES string of the molecule is CCN(CC)Cc1ccc(C(=O)Nc2ccc(SC(F)F)cc2)cc1. The summed E-state index contributed by atoms with van der Waals surface area (Å²) in [7, 11) is 0. The molecule has 134 valence electrons. The highest BCUT2D eigenvalue weighted by Crippen LogP contribution is 2.26. The minimum absolute atomic E-state index is 0.219. The molecular weight excluding hydrogens is 342 g/mol. The van der Waals surface area contributed by atoms with Crippen LogP contribution in [-0.2, 0) is 6.54 Å². The van der Waals surface area contributed by atoms with Gasteiger partial charge in [-0.15, -0.1) is 0 Å². The molecule has 0 atom stereocenters. The van der Waals surface area contributed by atoms with E-state index in [-0.39, 0.29) is 5.91 Å². The number of thioether (sulfide) groups is 1. The monoisotopic (exact) mass is 364 g/mol. The first-order valence-corrected chi connectivity index (χ1v) is 9.07. The number of alkyl halides is 2. The first-order valence-electron chi connectivity index (χ1n) is 8.19. The van der Waals surface area contributed by atoms with E-state index >= 15 is 0 Å². The molecule has 0 heterocycles. The summed E-state index contributed by atoms with van der Waals surface area (Å²) in [4.78, 5) is 15.0. The number of carbonyl (C=O) groups excluding carboxylic acids is 1. The van der Waals surface area contributed by atoms with E-state index in [0.29, 0.717) is 27.9 Å². The third-order valence-corrected chi connectivity index (χ3v) is 4.58. The number of halogens is 2. The minimum Gasteiger partial charge on any atom is -0.322 e. The quantitative estimate of drug-likeness (QED) is 0.662. The van der Waals surface area contributed by atoms with Gasteiger partial charge in [0.05, 0.1) is 0 Å². The normalized spacial score (nSPS) is 11.1. The zero-order valence-electron chi connectivity index (χ0n) is 14.3. The van der Waals surface area contributed by atoms with Crippen LogP contribution in [0.3, 0.4) is 0 Å². The molecule has 2 aromatic rings. The van der Waals surface area contributed by atoms with Gasteiger partial charge < -0.3 is 5.32 Å². The lowest BCUT2D eigenvalue weighted by Crippen LogP contribution is -2.22. The van der Waals surface area contributed by atoms with E-state index in [1.54, 1.807) is 36.4 Å². The summed E-state index contributed by atoms with van der Waals surface area (Å²) >= 11 is 0.482. The predicted molar refractivity (Wildman–Crippen MR) is 99.3 cm³/mol. The number of anilines is 1. The van der Waals surface area contributed by atoms with Gasteiger partial charge >= 0.3 is 0 Å². The van der Waals surface area contributed by atoms with Crippen molar-refractivity contribution in [1.29, 1.82) is 0 Å². The molecule has 3 nitrogen and oxygen atoms in total. The van der Waals surface area contributed by atoms with Crippen molar-refractivity contribution >= 4 is 23.4 Å². The zero-order chi connectivity index (χ0) is 18.2. The molecule has 2 rings (SSSR count). The Bertz CT molecular complexity index is 671. The molecule has 0 spiro atoms. The Morgan fingerprint density at radius 3 is 2.16 bits per heavy atom. The number of amides is 1. The third kappa shape index (κ3) is 6.14. The van der Waals surface area contributed by atoms with Crippen molar-refractivity contribution in [3.8, 4) is 0 Å². The molecule has 2 aromatic carbocycles. The van der Waals surface area contributed by atoms with Crippen molar-refractivity contribution < 1.29 is 13.6 Å². The smallest absolute Gasteiger partial charge is 0.288 e. The molecular formula is C19H22F2N2OS. The van der Waals surface area contributed by atoms with E-state index < -0.39 is 5.76 Å². The van der Waals surface area contributed by atoms with Crippen LogP contribution in [0.15, 0.2) is 53.4 Å². The Morgan fingerprint density at radius 2 is 1.64 bits per heavy atom. The fourth-order valence-corrected chi connectivity index (χ4v) is 2.89. The highest BCUT2D eigenvalue weighted by atomic mass is 32.2. The standard InChI is InChI=1S/C19H22F2N2OS/c1-3-23(4-2)13-14-5-7-15(8-6-14)18(24)22-16-9-11-17(12-10-16)25-19(20)21/h5-12,19H,3-4,13H2,1-2H3,(H,22,24). The Labute approximate surface area is 151 Å². The Hall–Kier alpha value is -1.92. The summed E-state index contributed by atoms with van der Waals surface area (Å²) in [5, 5.41) is 2.78. The average molecular weight is 364 g/mol. The predicted octanol–water partition coefficient (Wildman–Crippen LogP) is 5.10. The van der Waals surface area contributed by atoms with Crippen LogP contribution >= 0.6 is 11.8 Å². The van der Waals surface area contributed by atoms with Crippen LogP contribution in [0.4, 0.5) is 14.5 Å². The molecule has 0 aliphatic rings. The number of benzene rings is 2. The number of carbonyl (C=O) groups is 1. The van der Waals surface area contributed by atoms with Gasteiger partial charge in [-0.2, -0.15) is 8.78 Å². The van der Waals surface area contributed by atoms with E-state index in [1.807, 2.05) is 12.1 Å². The fraction of sp³-hybridized carbons (Fsp3) is 0.316. The Balaban J connectivity index is 1.96. The molecule has 0 aromatic heterocycles. The van der Waals surface area contributed by atoms with E-state index in [9.17, 15) is 13.6 Å². The second-order valence-corrected chi connectivity index (χ2v) is 6.58. The van der Waals surface area contributed by atoms with Gasteiger partial charge in [0.25, 0.3) is 11.7 Å². The van der Waals surface area contributed by atoms with Crippen molar-refractivity contribution in [2.45, 2.75) is 31.0 Å². The molecule has 0 aliphatic heterocycles. The van der Waals surface area contributed by atoms with Gasteiger partial charge in [0.2, 0.25) is 0 Å². The number of nitrogens with one attached hydrogen (secondary N) is 1. The number of hydrogen-bond donors (Lipinski definition) is 1. The fourth-order valence-electron chi connectivity index (χ4n) is 2.39. The third-order valence-electron chi connectivity index (χ3n) is 3.85. The van der Waals surface area contributed by atoms with Crippen LogP contribution in [0.5, 0.6) is 0 Å². The Morgan fingerprint density at radius 1 is 1.04 bits per heavy atom. The van der Waals surface area contributed by atoms with Crippen LogP contribution in [0, 0.1) is 0 Å². The van der Waals surface area contributed by atoms with Gasteiger partial charge in [-0.25, -0.2) is 0 Å². The van der Waals surface area contributed by atoms with Crippen LogP contribution in [0.2, 0.25) is 0 Å². The number of hydrogen-bond acceptors (Lipinski definition) is 3. The maximum atomic E-state index is 12.3. The maximum absolute atomic E-state index is 12.3. The van der Waals surface area contributed by atoms with E-state index in [1.165, 1.54) is 0 Å². The lowest BCUT2D eigenvalue weighted by atomic mass is 10.1. The summed E-state index contributed by atoms with van der Waals surface area (Å²) < 4.78 is 24.6. The first-order chi connectivity index (χ1) is 12.0.